The molecule has 1 saturated heterocycles. The number of likely N-dealkylation sites (N-methyl/N-ethyl adjacent to an activating group) is 1. The maximum absolute atomic E-state index is 13.9. The number of piperazine rings is 1. The lowest BCUT2D eigenvalue weighted by Gasteiger charge is -2.34. The lowest BCUT2D eigenvalue weighted by molar-refractivity contribution is 0.0738. The number of hydrogen-bond acceptors (Lipinski definition) is 9. The van der Waals surface area contributed by atoms with E-state index in [9.17, 15) is 9.90 Å². The van der Waals surface area contributed by atoms with E-state index in [1.165, 1.54) is 16.6 Å². The summed E-state index contributed by atoms with van der Waals surface area (Å²) in [6.45, 7) is 7.40. The molecule has 11 heteroatoms. The third kappa shape index (κ3) is 5.19. The van der Waals surface area contributed by atoms with Gasteiger partial charge in [0.2, 0.25) is 5.95 Å². The zero-order valence-corrected chi connectivity index (χ0v) is 24.2. The molecule has 11 nitrogen and oxygen atoms in total. The number of aromatic nitrogens is 5. The number of nitrogens with zero attached hydrogens (tertiary/aromatic N) is 7. The molecule has 0 amide bonds. The maximum atomic E-state index is 13.9. The number of benzene rings is 2. The van der Waals surface area contributed by atoms with Gasteiger partial charge in [0.15, 0.2) is 11.5 Å². The number of aliphatic hydroxyl groups is 1. The largest absolute Gasteiger partial charge is 0.494 e. The Kier molecular flexibility index (Phi) is 7.13. The normalized spacial score (nSPS) is 14.4. The number of ether oxygens (including phenoxy) is 1. The number of rotatable bonds is 7. The Morgan fingerprint density at radius 2 is 1.64 bits per heavy atom. The van der Waals surface area contributed by atoms with Crippen LogP contribution in [0.1, 0.15) is 19.5 Å². The first-order valence-electron chi connectivity index (χ1n) is 13.9. The first-order chi connectivity index (χ1) is 20.2. The fourth-order valence-electron chi connectivity index (χ4n) is 5.11. The lowest BCUT2D eigenvalue weighted by Crippen LogP contribution is -2.44. The highest BCUT2D eigenvalue weighted by molar-refractivity contribution is 5.78. The van der Waals surface area contributed by atoms with Gasteiger partial charge in [-0.25, -0.2) is 19.3 Å². The van der Waals surface area contributed by atoms with E-state index >= 15 is 0 Å². The number of methoxy groups -OCH3 is 1. The number of hydrogen-bond donors (Lipinski definition) is 2. The van der Waals surface area contributed by atoms with Gasteiger partial charge in [0.25, 0.3) is 5.56 Å². The van der Waals surface area contributed by atoms with Crippen LogP contribution in [-0.4, -0.2) is 74.7 Å². The summed E-state index contributed by atoms with van der Waals surface area (Å²) < 4.78 is 8.70. The second-order valence-electron chi connectivity index (χ2n) is 10.9. The van der Waals surface area contributed by atoms with Gasteiger partial charge in [-0.15, -0.1) is 0 Å². The fourth-order valence-corrected chi connectivity index (χ4v) is 5.11. The van der Waals surface area contributed by atoms with Gasteiger partial charge in [0.1, 0.15) is 22.4 Å². The van der Waals surface area contributed by atoms with Crippen molar-refractivity contribution in [1.29, 1.82) is 0 Å². The van der Waals surface area contributed by atoms with Crippen LogP contribution < -0.4 is 20.5 Å². The van der Waals surface area contributed by atoms with Gasteiger partial charge in [0.05, 0.1) is 12.8 Å². The molecule has 216 valence electrons. The molecule has 1 aliphatic rings. The summed E-state index contributed by atoms with van der Waals surface area (Å²) in [6, 6.07) is 20.7. The van der Waals surface area contributed by atoms with Crippen LogP contribution in [0.5, 0.6) is 5.75 Å². The molecule has 0 saturated carbocycles. The van der Waals surface area contributed by atoms with Crippen molar-refractivity contribution in [2.75, 3.05) is 50.6 Å². The van der Waals surface area contributed by atoms with Crippen LogP contribution in [0.3, 0.4) is 0 Å². The predicted octanol–water partition coefficient (Wildman–Crippen LogP) is 3.70. The van der Waals surface area contributed by atoms with Gasteiger partial charge in [-0.2, -0.15) is 4.98 Å². The zero-order chi connectivity index (χ0) is 29.4. The second-order valence-corrected chi connectivity index (χ2v) is 10.9. The van der Waals surface area contributed by atoms with Crippen LogP contribution in [0.25, 0.3) is 22.5 Å². The van der Waals surface area contributed by atoms with Crippen LogP contribution in [0, 0.1) is 0 Å². The number of anilines is 3. The molecule has 2 N–H and O–H groups in total. The van der Waals surface area contributed by atoms with Crippen molar-refractivity contribution in [3.8, 4) is 17.3 Å². The molecule has 2 aromatic carbocycles. The summed E-state index contributed by atoms with van der Waals surface area (Å²) >= 11 is 0. The minimum Gasteiger partial charge on any atom is -0.494 e. The topological polar surface area (TPSA) is 114 Å². The average molecular weight is 567 g/mol. The van der Waals surface area contributed by atoms with Crippen LogP contribution >= 0.6 is 0 Å². The maximum Gasteiger partial charge on any atom is 0.283 e. The molecule has 42 heavy (non-hydrogen) atoms. The molecule has 5 aromatic rings. The van der Waals surface area contributed by atoms with Gasteiger partial charge < -0.3 is 25.0 Å². The Labute approximate surface area is 243 Å². The highest BCUT2D eigenvalue weighted by atomic mass is 16.5. The smallest absolute Gasteiger partial charge is 0.283 e. The summed E-state index contributed by atoms with van der Waals surface area (Å²) in [7, 11) is 3.70. The Morgan fingerprint density at radius 1 is 0.905 bits per heavy atom. The summed E-state index contributed by atoms with van der Waals surface area (Å²) in [4.78, 5) is 32.5. The van der Waals surface area contributed by atoms with Crippen molar-refractivity contribution in [2.45, 2.75) is 19.4 Å². The average Bonchev–Trinajstić information content (AvgIpc) is 3.28. The minimum absolute atomic E-state index is 0.312. The highest BCUT2D eigenvalue weighted by Crippen LogP contribution is 2.27. The van der Waals surface area contributed by atoms with E-state index in [1.54, 1.807) is 56.0 Å². The minimum atomic E-state index is -1.19. The van der Waals surface area contributed by atoms with Crippen molar-refractivity contribution < 1.29 is 9.84 Å². The third-order valence-electron chi connectivity index (χ3n) is 7.48. The highest BCUT2D eigenvalue weighted by Gasteiger charge is 2.24. The Morgan fingerprint density at radius 3 is 2.36 bits per heavy atom. The summed E-state index contributed by atoms with van der Waals surface area (Å²) in [5.41, 5.74) is 1.82. The number of pyridine rings is 1. The van der Waals surface area contributed by atoms with E-state index in [-0.39, 0.29) is 5.56 Å². The van der Waals surface area contributed by atoms with Crippen molar-refractivity contribution in [3.63, 3.8) is 0 Å². The Hall–Kier alpha value is -4.74. The van der Waals surface area contributed by atoms with E-state index in [4.69, 9.17) is 14.7 Å². The fraction of sp³-hybridized carbons (Fsp3) is 0.290. The SMILES string of the molecule is COc1ccccc1-n1c(=O)c2cnc(Nc3ccc(N4CCN(C)CC4)cc3)nc2n1-c1cccc(C(C)(C)O)n1. The zero-order valence-electron chi connectivity index (χ0n) is 24.2. The molecule has 0 bridgehead atoms. The molecule has 1 fully saturated rings. The van der Waals surface area contributed by atoms with Crippen LogP contribution in [0.4, 0.5) is 17.3 Å². The lowest BCUT2D eigenvalue weighted by atomic mass is 10.1. The monoisotopic (exact) mass is 566 g/mol. The van der Waals surface area contributed by atoms with Crippen LogP contribution in [-0.2, 0) is 5.60 Å². The summed E-state index contributed by atoms with van der Waals surface area (Å²) in [5.74, 6) is 1.25. The first kappa shape index (κ1) is 27.4. The number of fused-ring (bicyclic) bond motifs is 1. The van der Waals surface area contributed by atoms with Gasteiger partial charge in [-0.3, -0.25) is 4.79 Å². The van der Waals surface area contributed by atoms with Crippen molar-refractivity contribution in [3.05, 3.63) is 89.0 Å². The summed E-state index contributed by atoms with van der Waals surface area (Å²) in [5, 5.41) is 14.3. The molecule has 6 rings (SSSR count). The molecule has 0 spiro atoms. The van der Waals surface area contributed by atoms with Crippen molar-refractivity contribution >= 4 is 28.4 Å². The number of para-hydroxylation sites is 2. The van der Waals surface area contributed by atoms with Gasteiger partial charge in [-0.1, -0.05) is 18.2 Å². The standard InChI is InChI=1S/C31H34N8O3/c1-31(2,41)26-10-7-11-27(34-26)39-28-23(29(40)38(39)24-8-5-6-9-25(24)42-4)20-32-30(35-28)33-21-12-14-22(15-13-21)37-18-16-36(3)17-19-37/h5-15,20,41H,16-19H2,1-4H3,(H,32,33,35). The molecular formula is C31H34N8O3. The molecule has 0 radical (unpaired) electrons. The first-order valence-corrected chi connectivity index (χ1v) is 13.9. The Balaban J connectivity index is 1.44. The summed E-state index contributed by atoms with van der Waals surface area (Å²) in [6.07, 6.45) is 1.52. The van der Waals surface area contributed by atoms with Gasteiger partial charge in [-0.05, 0) is 69.4 Å². The molecule has 0 atom stereocenters. The van der Waals surface area contributed by atoms with Crippen LogP contribution in [0.2, 0.25) is 0 Å². The van der Waals surface area contributed by atoms with Crippen LogP contribution in [0.15, 0.2) is 77.7 Å². The Bertz CT molecular complexity index is 1780. The van der Waals surface area contributed by atoms with E-state index in [0.717, 1.165) is 31.9 Å². The van der Waals surface area contributed by atoms with Gasteiger partial charge in [0, 0.05) is 43.8 Å². The quantitative estimate of drug-likeness (QED) is 0.304. The molecule has 4 heterocycles. The van der Waals surface area contributed by atoms with E-state index in [0.29, 0.717) is 39.9 Å². The molecule has 0 aliphatic carbocycles. The van der Waals surface area contributed by atoms with Crippen molar-refractivity contribution in [1.82, 2.24) is 29.2 Å². The second kappa shape index (κ2) is 10.9. The van der Waals surface area contributed by atoms with E-state index in [1.807, 2.05) is 24.3 Å². The predicted molar refractivity (Wildman–Crippen MR) is 163 cm³/mol. The number of nitrogens with one attached hydrogen (secondary N) is 1. The van der Waals surface area contributed by atoms with E-state index < -0.39 is 5.60 Å². The molecule has 3 aromatic heterocycles. The van der Waals surface area contributed by atoms with Gasteiger partial charge >= 0.3 is 0 Å². The third-order valence-corrected chi connectivity index (χ3v) is 7.48. The molecule has 1 aliphatic heterocycles. The molecule has 0 unspecified atom stereocenters. The van der Waals surface area contributed by atoms with E-state index in [2.05, 4.69) is 39.3 Å². The van der Waals surface area contributed by atoms with Crippen molar-refractivity contribution in [2.24, 2.45) is 0 Å². The molecular weight excluding hydrogens is 532 g/mol.